The van der Waals surface area contributed by atoms with Crippen molar-refractivity contribution < 1.29 is 14.4 Å². The molecule has 1 heterocycles. The lowest BCUT2D eigenvalue weighted by Gasteiger charge is -2.36. The third-order valence-corrected chi connectivity index (χ3v) is 4.26. The molecule has 2 aromatic rings. The fourth-order valence-corrected chi connectivity index (χ4v) is 2.85. The van der Waals surface area contributed by atoms with E-state index >= 15 is 0 Å². The number of aliphatic imine (C=N–C) groups is 2. The third kappa shape index (κ3) is 6.56. The lowest BCUT2D eigenvalue weighted by atomic mass is 10.1. The average Bonchev–Trinajstić information content (AvgIpc) is 2.71. The number of hydroxylamine groups is 2. The maximum absolute atomic E-state index is 12.1. The number of guanidine groups is 2. The lowest BCUT2D eigenvalue weighted by Crippen LogP contribution is -2.54. The van der Waals surface area contributed by atoms with Gasteiger partial charge in [-0.05, 0) is 37.6 Å². The Balaban J connectivity index is 0.00000341. The summed E-state index contributed by atoms with van der Waals surface area (Å²) in [7, 11) is 0. The molecule has 0 saturated carbocycles. The van der Waals surface area contributed by atoms with E-state index in [1.54, 1.807) is 24.3 Å². The van der Waals surface area contributed by atoms with Crippen molar-refractivity contribution in [1.82, 2.24) is 5.06 Å². The molecule has 0 bridgehead atoms. The molecular weight excluding hydrogens is 418 g/mol. The molecule has 1 aliphatic rings. The van der Waals surface area contributed by atoms with Gasteiger partial charge in [0, 0.05) is 5.56 Å². The quantitative estimate of drug-likeness (QED) is 0.368. The maximum atomic E-state index is 12.1. The van der Waals surface area contributed by atoms with Crippen molar-refractivity contribution in [3.05, 3.63) is 71.8 Å². The van der Waals surface area contributed by atoms with E-state index < -0.39 is 5.66 Å². The van der Waals surface area contributed by atoms with Crippen molar-refractivity contribution in [3.8, 4) is 5.75 Å². The molecule has 0 spiro atoms. The van der Waals surface area contributed by atoms with Crippen LogP contribution in [-0.4, -0.2) is 41.6 Å². The number of carbonyl (C=O) groups is 1. The van der Waals surface area contributed by atoms with E-state index in [9.17, 15) is 4.79 Å². The van der Waals surface area contributed by atoms with Gasteiger partial charge in [-0.25, -0.2) is 4.99 Å². The maximum Gasteiger partial charge on any atom is 0.226 e. The number of allylic oxidation sites excluding steroid dienone is 1. The third-order valence-electron chi connectivity index (χ3n) is 4.26. The Labute approximate surface area is 187 Å². The Bertz CT molecular complexity index is 972. The number of halogens is 1. The van der Waals surface area contributed by atoms with E-state index in [1.807, 2.05) is 56.3 Å². The summed E-state index contributed by atoms with van der Waals surface area (Å²) in [4.78, 5) is 25.9. The predicted molar refractivity (Wildman–Crippen MR) is 124 cm³/mol. The molecule has 0 fully saturated rings. The molecule has 31 heavy (non-hydrogen) atoms. The van der Waals surface area contributed by atoms with Crippen LogP contribution < -0.4 is 16.2 Å². The van der Waals surface area contributed by atoms with Gasteiger partial charge in [-0.2, -0.15) is 10.1 Å². The fraction of sp³-hybridized carbons (Fsp3) is 0.227. The molecule has 0 atom stereocenters. The van der Waals surface area contributed by atoms with Gasteiger partial charge >= 0.3 is 0 Å². The van der Waals surface area contributed by atoms with E-state index in [0.29, 0.717) is 17.9 Å². The molecule has 0 saturated heterocycles. The van der Waals surface area contributed by atoms with Gasteiger partial charge in [-0.15, -0.1) is 12.4 Å². The molecule has 164 valence electrons. The largest absolute Gasteiger partial charge is 0.491 e. The molecule has 9 heteroatoms. The predicted octanol–water partition coefficient (Wildman–Crippen LogP) is 3.00. The van der Waals surface area contributed by atoms with Crippen LogP contribution in [0.4, 0.5) is 0 Å². The Morgan fingerprint density at radius 1 is 1.06 bits per heavy atom. The van der Waals surface area contributed by atoms with E-state index in [4.69, 9.17) is 21.0 Å². The molecule has 0 radical (unpaired) electrons. The second kappa shape index (κ2) is 10.6. The second-order valence-electron chi connectivity index (χ2n) is 7.04. The minimum absolute atomic E-state index is 0. The van der Waals surface area contributed by atoms with E-state index in [0.717, 1.165) is 5.56 Å². The molecule has 0 aliphatic carbocycles. The molecule has 3 rings (SSSR count). The monoisotopic (exact) mass is 443 g/mol. The number of benzene rings is 2. The standard InChI is InChI=1S/C22H25N5O3.ClH/c1-22(2)26-20(23)25-21(24)27(22)30-15-14-29-18-11-8-16(9-12-18)10-13-19(28)17-6-4-3-5-7-17;/h3-13H,14-15H2,1-2H3,(H4,23,24,25,26);1H/b13-10+;. The van der Waals surface area contributed by atoms with Crippen LogP contribution in [0.25, 0.3) is 6.08 Å². The summed E-state index contributed by atoms with van der Waals surface area (Å²) < 4.78 is 5.69. The van der Waals surface area contributed by atoms with E-state index in [-0.39, 0.29) is 36.7 Å². The van der Waals surface area contributed by atoms with Gasteiger partial charge in [-0.3, -0.25) is 9.63 Å². The van der Waals surface area contributed by atoms with Crippen LogP contribution in [0, 0.1) is 0 Å². The van der Waals surface area contributed by atoms with Crippen molar-refractivity contribution in [3.63, 3.8) is 0 Å². The number of hydrogen-bond donors (Lipinski definition) is 2. The van der Waals surface area contributed by atoms with Crippen LogP contribution in [0.15, 0.2) is 70.7 Å². The highest BCUT2D eigenvalue weighted by Gasteiger charge is 2.33. The van der Waals surface area contributed by atoms with Crippen molar-refractivity contribution in [2.75, 3.05) is 13.2 Å². The smallest absolute Gasteiger partial charge is 0.226 e. The van der Waals surface area contributed by atoms with E-state index in [2.05, 4.69) is 9.98 Å². The number of nitrogens with zero attached hydrogens (tertiary/aromatic N) is 3. The fourth-order valence-electron chi connectivity index (χ4n) is 2.85. The molecular formula is C22H26ClN5O3. The van der Waals surface area contributed by atoms with Crippen molar-refractivity contribution in [1.29, 1.82) is 0 Å². The Hall–Kier alpha value is -3.36. The van der Waals surface area contributed by atoms with Gasteiger partial charge in [0.2, 0.25) is 11.9 Å². The Morgan fingerprint density at radius 3 is 2.39 bits per heavy atom. The van der Waals surface area contributed by atoms with E-state index in [1.165, 1.54) is 5.06 Å². The van der Waals surface area contributed by atoms with Crippen molar-refractivity contribution in [2.24, 2.45) is 21.5 Å². The summed E-state index contributed by atoms with van der Waals surface area (Å²) in [5.41, 5.74) is 12.3. The van der Waals surface area contributed by atoms with Gasteiger partial charge in [0.15, 0.2) is 11.4 Å². The molecule has 0 aromatic heterocycles. The van der Waals surface area contributed by atoms with Gasteiger partial charge in [0.25, 0.3) is 0 Å². The first-order chi connectivity index (χ1) is 14.3. The molecule has 2 aromatic carbocycles. The van der Waals surface area contributed by atoms with Crippen LogP contribution >= 0.6 is 12.4 Å². The zero-order valence-corrected chi connectivity index (χ0v) is 18.2. The summed E-state index contributed by atoms with van der Waals surface area (Å²) in [5.74, 6) is 0.913. The zero-order chi connectivity index (χ0) is 21.6. The number of hydrogen-bond acceptors (Lipinski definition) is 8. The second-order valence-corrected chi connectivity index (χ2v) is 7.04. The van der Waals surface area contributed by atoms with Crippen molar-refractivity contribution >= 4 is 36.2 Å². The Morgan fingerprint density at radius 2 is 1.74 bits per heavy atom. The average molecular weight is 444 g/mol. The Kier molecular flexibility index (Phi) is 8.18. The topological polar surface area (TPSA) is 116 Å². The number of ketones is 1. The summed E-state index contributed by atoms with van der Waals surface area (Å²) in [6, 6.07) is 16.6. The molecule has 0 unspecified atom stereocenters. The normalized spacial score (nSPS) is 15.1. The number of ether oxygens (including phenoxy) is 1. The minimum Gasteiger partial charge on any atom is -0.491 e. The lowest BCUT2D eigenvalue weighted by molar-refractivity contribution is -0.161. The van der Waals surface area contributed by atoms with Gasteiger partial charge in [-0.1, -0.05) is 48.5 Å². The number of nitrogens with two attached hydrogens (primary N) is 2. The van der Waals surface area contributed by atoms with Crippen LogP contribution in [0.2, 0.25) is 0 Å². The highest BCUT2D eigenvalue weighted by molar-refractivity contribution is 6.06. The summed E-state index contributed by atoms with van der Waals surface area (Å²) in [6.07, 6.45) is 3.33. The molecule has 8 nitrogen and oxygen atoms in total. The summed E-state index contributed by atoms with van der Waals surface area (Å²) >= 11 is 0. The van der Waals surface area contributed by atoms with Crippen LogP contribution in [0.3, 0.4) is 0 Å². The molecule has 4 N–H and O–H groups in total. The minimum atomic E-state index is -0.749. The first-order valence-electron chi connectivity index (χ1n) is 9.48. The van der Waals surface area contributed by atoms with Gasteiger partial charge in [0.05, 0.1) is 0 Å². The summed E-state index contributed by atoms with van der Waals surface area (Å²) in [5, 5.41) is 1.41. The highest BCUT2D eigenvalue weighted by Crippen LogP contribution is 2.20. The zero-order valence-electron chi connectivity index (χ0n) is 17.4. The first kappa shape index (κ1) is 23.9. The summed E-state index contributed by atoms with van der Waals surface area (Å²) in [6.45, 7) is 4.19. The number of carbonyl (C=O) groups excluding carboxylic acids is 1. The van der Waals surface area contributed by atoms with Gasteiger partial charge in [0.1, 0.15) is 19.0 Å². The molecule has 1 aliphatic heterocycles. The first-order valence-corrected chi connectivity index (χ1v) is 9.48. The highest BCUT2D eigenvalue weighted by atomic mass is 35.5. The van der Waals surface area contributed by atoms with Crippen LogP contribution in [-0.2, 0) is 4.84 Å². The SMILES string of the molecule is CC1(C)N=C(N)N=C(N)N1OCCOc1ccc(/C=C/C(=O)c2ccccc2)cc1.Cl. The molecule has 0 amide bonds. The van der Waals surface area contributed by atoms with Crippen LogP contribution in [0.1, 0.15) is 29.8 Å². The van der Waals surface area contributed by atoms with Gasteiger partial charge < -0.3 is 16.2 Å². The van der Waals surface area contributed by atoms with Crippen LogP contribution in [0.5, 0.6) is 5.75 Å². The number of rotatable bonds is 8. The van der Waals surface area contributed by atoms with Crippen molar-refractivity contribution in [2.45, 2.75) is 19.5 Å².